The van der Waals surface area contributed by atoms with Gasteiger partial charge in [0, 0.05) is 23.2 Å². The lowest BCUT2D eigenvalue weighted by Gasteiger charge is -2.23. The van der Waals surface area contributed by atoms with E-state index >= 15 is 4.39 Å². The lowest BCUT2D eigenvalue weighted by atomic mass is 9.94. The molecule has 0 amide bonds. The minimum atomic E-state index is -1.40. The highest BCUT2D eigenvalue weighted by molar-refractivity contribution is 6.34. The fourth-order valence-electron chi connectivity index (χ4n) is 5.11. The number of ether oxygens (including phenoxy) is 1. The molecule has 192 valence electrons. The van der Waals surface area contributed by atoms with E-state index in [-0.39, 0.29) is 22.9 Å². The molecule has 1 atom stereocenters. The van der Waals surface area contributed by atoms with Crippen molar-refractivity contribution >= 4 is 39.8 Å². The normalized spacial score (nSPS) is 15.9. The van der Waals surface area contributed by atoms with Gasteiger partial charge in [0.15, 0.2) is 12.0 Å². The van der Waals surface area contributed by atoms with E-state index in [1.807, 2.05) is 61.9 Å². The molecule has 1 unspecified atom stereocenters. The van der Waals surface area contributed by atoms with Gasteiger partial charge in [0.2, 0.25) is 0 Å². The molecule has 1 aliphatic heterocycles. The molecule has 2 N–H and O–H groups in total. The molecule has 1 aromatic heterocycles. The van der Waals surface area contributed by atoms with E-state index in [4.69, 9.17) is 16.3 Å². The number of para-hydroxylation sites is 1. The molecule has 0 spiro atoms. The van der Waals surface area contributed by atoms with Gasteiger partial charge in [-0.15, -0.1) is 0 Å². The Hall–Kier alpha value is -3.42. The number of rotatable bonds is 6. The molecule has 4 aromatic rings. The Morgan fingerprint density at radius 2 is 2.00 bits per heavy atom. The number of nitrogens with zero attached hydrogens (tertiary/aromatic N) is 2. The van der Waals surface area contributed by atoms with Gasteiger partial charge >= 0.3 is 5.97 Å². The van der Waals surface area contributed by atoms with E-state index in [0.717, 1.165) is 41.3 Å². The quantitative estimate of drug-likeness (QED) is 0.268. The average molecular weight is 522 g/mol. The zero-order chi connectivity index (χ0) is 26.3. The maximum Gasteiger partial charge on any atom is 0.340 e. The summed E-state index contributed by atoms with van der Waals surface area (Å²) in [6.07, 6.45) is 4.54. The van der Waals surface area contributed by atoms with Crippen molar-refractivity contribution in [1.82, 2.24) is 9.78 Å². The lowest BCUT2D eigenvalue weighted by Crippen LogP contribution is -2.18. The Kier molecular flexibility index (Phi) is 6.92. The summed E-state index contributed by atoms with van der Waals surface area (Å²) < 4.78 is 23.5. The minimum absolute atomic E-state index is 0.136. The van der Waals surface area contributed by atoms with Gasteiger partial charge in [0.05, 0.1) is 22.4 Å². The van der Waals surface area contributed by atoms with Crippen molar-refractivity contribution in [1.29, 1.82) is 0 Å². The average Bonchev–Trinajstić information content (AvgIpc) is 3.31. The second-order valence-corrected chi connectivity index (χ2v) is 10.1. The zero-order valence-corrected chi connectivity index (χ0v) is 21.8. The second kappa shape index (κ2) is 10.1. The number of aromatic carboxylic acids is 1. The molecule has 0 bridgehead atoms. The van der Waals surface area contributed by atoms with Gasteiger partial charge in [-0.25, -0.2) is 13.9 Å². The van der Waals surface area contributed by atoms with E-state index in [1.54, 1.807) is 12.3 Å². The van der Waals surface area contributed by atoms with Crippen molar-refractivity contribution in [2.45, 2.75) is 52.2 Å². The number of anilines is 2. The molecular weight excluding hydrogens is 493 g/mol. The number of aromatic nitrogens is 2. The third-order valence-electron chi connectivity index (χ3n) is 6.96. The highest BCUT2D eigenvalue weighted by Gasteiger charge is 2.26. The van der Waals surface area contributed by atoms with Gasteiger partial charge in [-0.3, -0.25) is 0 Å². The van der Waals surface area contributed by atoms with Crippen LogP contribution in [0.2, 0.25) is 5.02 Å². The number of halogens is 2. The molecule has 2 heterocycles. The van der Waals surface area contributed by atoms with Gasteiger partial charge in [-0.05, 0) is 67.0 Å². The Balaban J connectivity index is 1.70. The van der Waals surface area contributed by atoms with Crippen molar-refractivity contribution < 1.29 is 19.0 Å². The van der Waals surface area contributed by atoms with Crippen LogP contribution in [0.25, 0.3) is 22.0 Å². The van der Waals surface area contributed by atoms with Crippen LogP contribution >= 0.6 is 11.6 Å². The molecule has 3 aromatic carbocycles. The molecule has 1 fully saturated rings. The van der Waals surface area contributed by atoms with Gasteiger partial charge in [0.1, 0.15) is 5.56 Å². The summed E-state index contributed by atoms with van der Waals surface area (Å²) in [5.41, 5.74) is 4.18. The summed E-state index contributed by atoms with van der Waals surface area (Å²) in [5.74, 6) is -2.19. The van der Waals surface area contributed by atoms with Gasteiger partial charge in [-0.1, -0.05) is 49.7 Å². The van der Waals surface area contributed by atoms with Gasteiger partial charge in [-0.2, -0.15) is 5.10 Å². The first-order valence-electron chi connectivity index (χ1n) is 12.5. The Bertz CT molecular complexity index is 1490. The predicted octanol–water partition coefficient (Wildman–Crippen LogP) is 8.07. The van der Waals surface area contributed by atoms with Crippen LogP contribution in [0.4, 0.5) is 15.8 Å². The first-order chi connectivity index (χ1) is 17.8. The van der Waals surface area contributed by atoms with Crippen LogP contribution in [-0.4, -0.2) is 27.5 Å². The van der Waals surface area contributed by atoms with Crippen molar-refractivity contribution in [3.05, 3.63) is 76.2 Å². The van der Waals surface area contributed by atoms with Gasteiger partial charge in [0.25, 0.3) is 0 Å². The predicted molar refractivity (Wildman–Crippen MR) is 144 cm³/mol. The number of carboxylic acids is 1. The number of fused-ring (bicyclic) bond motifs is 1. The number of hydrogen-bond donors (Lipinski definition) is 2. The first kappa shape index (κ1) is 25.2. The third-order valence-corrected chi connectivity index (χ3v) is 7.33. The maximum atomic E-state index is 15.7. The van der Waals surface area contributed by atoms with E-state index in [0.29, 0.717) is 23.4 Å². The Morgan fingerprint density at radius 1 is 1.22 bits per heavy atom. The lowest BCUT2D eigenvalue weighted by molar-refractivity contribution is -0.0366. The van der Waals surface area contributed by atoms with E-state index in [1.165, 1.54) is 0 Å². The highest BCUT2D eigenvalue weighted by atomic mass is 35.5. The molecule has 8 heteroatoms. The molecule has 5 rings (SSSR count). The van der Waals surface area contributed by atoms with Crippen molar-refractivity contribution in [2.75, 3.05) is 11.9 Å². The topological polar surface area (TPSA) is 76.4 Å². The number of aryl methyl sites for hydroxylation is 1. The zero-order valence-electron chi connectivity index (χ0n) is 21.0. The molecule has 1 saturated heterocycles. The molecular formula is C29H29ClFN3O3. The third kappa shape index (κ3) is 4.58. The van der Waals surface area contributed by atoms with E-state index in [9.17, 15) is 9.90 Å². The summed E-state index contributed by atoms with van der Waals surface area (Å²) >= 11 is 6.54. The highest BCUT2D eigenvalue weighted by Crippen LogP contribution is 2.42. The van der Waals surface area contributed by atoms with Crippen LogP contribution in [0.1, 0.15) is 66.7 Å². The van der Waals surface area contributed by atoms with Crippen LogP contribution < -0.4 is 5.32 Å². The maximum absolute atomic E-state index is 15.7. The van der Waals surface area contributed by atoms with E-state index in [2.05, 4.69) is 10.4 Å². The van der Waals surface area contributed by atoms with Crippen molar-refractivity contribution in [3.63, 3.8) is 0 Å². The molecule has 0 radical (unpaired) electrons. The number of carbonyl (C=O) groups is 1. The monoisotopic (exact) mass is 521 g/mol. The first-order valence-corrected chi connectivity index (χ1v) is 12.9. The van der Waals surface area contributed by atoms with Crippen molar-refractivity contribution in [3.8, 4) is 11.1 Å². The largest absolute Gasteiger partial charge is 0.478 e. The summed E-state index contributed by atoms with van der Waals surface area (Å²) in [7, 11) is 0. The van der Waals surface area contributed by atoms with Crippen molar-refractivity contribution in [2.24, 2.45) is 0 Å². The minimum Gasteiger partial charge on any atom is -0.478 e. The second-order valence-electron chi connectivity index (χ2n) is 9.75. The standard InChI is InChI=1S/C29H29ClFN3O3/c1-16(2)18-8-4-5-9-21(18)33-22-14-19(27(30)28(31)26(22)29(35)36)25-17(3)11-12-23-20(25)15-32-34(23)24-10-6-7-13-37-24/h4-5,8-9,11-12,14-16,24,33H,6-7,10,13H2,1-3H3,(H,35,36). The summed E-state index contributed by atoms with van der Waals surface area (Å²) in [6.45, 7) is 6.70. The SMILES string of the molecule is Cc1ccc2c(cnn2C2CCCCO2)c1-c1cc(Nc2ccccc2C(C)C)c(C(=O)O)c(F)c1Cl. The number of hydrogen-bond acceptors (Lipinski definition) is 4. The Morgan fingerprint density at radius 3 is 2.70 bits per heavy atom. The van der Waals surface area contributed by atoms with Crippen LogP contribution in [0.3, 0.4) is 0 Å². The van der Waals surface area contributed by atoms with E-state index < -0.39 is 17.3 Å². The van der Waals surface area contributed by atoms with Crippen LogP contribution in [-0.2, 0) is 4.74 Å². The summed E-state index contributed by atoms with van der Waals surface area (Å²) in [5, 5.41) is 18.3. The number of benzene rings is 3. The Labute approximate surface area is 220 Å². The van der Waals surface area contributed by atoms with Crippen LogP contribution in [0.15, 0.2) is 48.7 Å². The molecule has 0 aliphatic carbocycles. The molecule has 37 heavy (non-hydrogen) atoms. The fourth-order valence-corrected chi connectivity index (χ4v) is 5.35. The summed E-state index contributed by atoms with van der Waals surface area (Å²) in [6, 6.07) is 13.1. The summed E-state index contributed by atoms with van der Waals surface area (Å²) in [4.78, 5) is 12.1. The fraction of sp³-hybridized carbons (Fsp3) is 0.310. The van der Waals surface area contributed by atoms with Gasteiger partial charge < -0.3 is 15.2 Å². The molecule has 1 aliphatic rings. The number of nitrogens with one attached hydrogen (secondary N) is 1. The number of carboxylic acid groups (broad SMARTS) is 1. The molecule has 0 saturated carbocycles. The van der Waals surface area contributed by atoms with Crippen LogP contribution in [0.5, 0.6) is 0 Å². The molecule has 6 nitrogen and oxygen atoms in total. The smallest absolute Gasteiger partial charge is 0.340 e. The van der Waals surface area contributed by atoms with Crippen LogP contribution in [0, 0.1) is 12.7 Å².